The van der Waals surface area contributed by atoms with Crippen LogP contribution in [0.5, 0.6) is 0 Å². The van der Waals surface area contributed by atoms with Crippen LogP contribution in [0.3, 0.4) is 0 Å². The van der Waals surface area contributed by atoms with Gasteiger partial charge in [-0.2, -0.15) is 0 Å². The third-order valence-corrected chi connectivity index (χ3v) is 4.06. The smallest absolute Gasteiger partial charge is 0.129 e. The summed E-state index contributed by atoms with van der Waals surface area (Å²) < 4.78 is 14.6. The predicted octanol–water partition coefficient (Wildman–Crippen LogP) is 3.54. The van der Waals surface area contributed by atoms with Crippen LogP contribution in [-0.2, 0) is 0 Å². The molecule has 1 aliphatic carbocycles. The minimum atomic E-state index is -0.304. The highest BCUT2D eigenvalue weighted by atomic mass is 79.9. The lowest BCUT2D eigenvalue weighted by Gasteiger charge is -2.28. The Labute approximate surface area is 116 Å². The molecule has 0 aromatic heterocycles. The normalized spacial score (nSPS) is 18.8. The van der Waals surface area contributed by atoms with Crippen molar-refractivity contribution in [3.63, 3.8) is 0 Å². The van der Waals surface area contributed by atoms with Crippen LogP contribution in [0.4, 0.5) is 4.39 Å². The molecule has 100 valence electrons. The van der Waals surface area contributed by atoms with Crippen LogP contribution in [0.1, 0.15) is 43.7 Å². The zero-order valence-electron chi connectivity index (χ0n) is 10.3. The van der Waals surface area contributed by atoms with Gasteiger partial charge >= 0.3 is 0 Å². The second kappa shape index (κ2) is 6.64. The van der Waals surface area contributed by atoms with Crippen molar-refractivity contribution in [2.75, 3.05) is 6.61 Å². The molecule has 0 spiro atoms. The first kappa shape index (κ1) is 14.0. The quantitative estimate of drug-likeness (QED) is 0.890. The maximum Gasteiger partial charge on any atom is 0.129 e. The average molecular weight is 316 g/mol. The maximum atomic E-state index is 13.9. The molecule has 2 N–H and O–H groups in total. The summed E-state index contributed by atoms with van der Waals surface area (Å²) in [6.07, 6.45) is 5.97. The lowest BCUT2D eigenvalue weighted by atomic mass is 9.94. The minimum absolute atomic E-state index is 0.0744. The van der Waals surface area contributed by atoms with Gasteiger partial charge in [-0.3, -0.25) is 0 Å². The topological polar surface area (TPSA) is 32.3 Å². The monoisotopic (exact) mass is 315 g/mol. The highest BCUT2D eigenvalue weighted by Crippen LogP contribution is 2.24. The molecule has 0 heterocycles. The van der Waals surface area contributed by atoms with Gasteiger partial charge in [0, 0.05) is 16.1 Å². The van der Waals surface area contributed by atoms with E-state index >= 15 is 0 Å². The summed E-state index contributed by atoms with van der Waals surface area (Å²) in [5, 5.41) is 12.8. The number of aliphatic hydroxyl groups is 1. The molecule has 1 unspecified atom stereocenters. The van der Waals surface area contributed by atoms with Crippen LogP contribution >= 0.6 is 15.9 Å². The summed E-state index contributed by atoms with van der Waals surface area (Å²) in [4.78, 5) is 0. The Hall–Kier alpha value is -0.450. The molecular formula is C14H19BrFNO. The fraction of sp³-hybridized carbons (Fsp3) is 0.571. The summed E-state index contributed by atoms with van der Waals surface area (Å²) in [6, 6.07) is 5.08. The van der Waals surface area contributed by atoms with Crippen LogP contribution < -0.4 is 5.32 Å². The number of rotatable bonds is 4. The average Bonchev–Trinajstić information content (AvgIpc) is 2.38. The van der Waals surface area contributed by atoms with Crippen molar-refractivity contribution < 1.29 is 9.50 Å². The molecule has 2 rings (SSSR count). The first-order chi connectivity index (χ1) is 8.70. The fourth-order valence-electron chi connectivity index (χ4n) is 2.58. The fourth-order valence-corrected chi connectivity index (χ4v) is 2.91. The molecule has 0 bridgehead atoms. The van der Waals surface area contributed by atoms with E-state index in [9.17, 15) is 9.50 Å². The summed E-state index contributed by atoms with van der Waals surface area (Å²) in [5.74, 6) is -0.272. The van der Waals surface area contributed by atoms with Gasteiger partial charge in [-0.15, -0.1) is 0 Å². The third-order valence-electron chi connectivity index (χ3n) is 3.56. The van der Waals surface area contributed by atoms with Crippen LogP contribution in [0.2, 0.25) is 0 Å². The lowest BCUT2D eigenvalue weighted by molar-refractivity contribution is 0.217. The van der Waals surface area contributed by atoms with Crippen molar-refractivity contribution in [3.8, 4) is 0 Å². The van der Waals surface area contributed by atoms with Crippen molar-refractivity contribution in [2.45, 2.75) is 44.2 Å². The SMILES string of the molecule is OCC(NC1CCCCC1)c1ccc(Br)cc1F. The Morgan fingerprint density at radius 3 is 2.67 bits per heavy atom. The zero-order chi connectivity index (χ0) is 13.0. The Kier molecular flexibility index (Phi) is 5.15. The molecule has 0 amide bonds. The summed E-state index contributed by atoms with van der Waals surface area (Å²) in [5.41, 5.74) is 0.547. The van der Waals surface area contributed by atoms with E-state index in [-0.39, 0.29) is 18.5 Å². The Balaban J connectivity index is 2.07. The standard InChI is InChI=1S/C14H19BrFNO/c15-10-6-7-12(13(16)8-10)14(9-18)17-11-4-2-1-3-5-11/h6-8,11,14,17-18H,1-5,9H2. The third kappa shape index (κ3) is 3.53. The Bertz CT molecular complexity index is 393. The van der Waals surface area contributed by atoms with Crippen molar-refractivity contribution in [1.82, 2.24) is 5.32 Å². The van der Waals surface area contributed by atoms with Gasteiger partial charge in [0.15, 0.2) is 0 Å². The second-order valence-electron chi connectivity index (χ2n) is 4.90. The molecule has 1 aliphatic rings. The highest BCUT2D eigenvalue weighted by Gasteiger charge is 2.20. The summed E-state index contributed by atoms with van der Waals surface area (Å²) in [6.45, 7) is -0.0744. The second-order valence-corrected chi connectivity index (χ2v) is 5.82. The predicted molar refractivity (Wildman–Crippen MR) is 73.9 cm³/mol. The molecule has 0 radical (unpaired) electrons. The number of aliphatic hydroxyl groups excluding tert-OH is 1. The van der Waals surface area contributed by atoms with Crippen molar-refractivity contribution in [3.05, 3.63) is 34.1 Å². The minimum Gasteiger partial charge on any atom is -0.394 e. The van der Waals surface area contributed by atoms with E-state index in [0.29, 0.717) is 11.6 Å². The first-order valence-electron chi connectivity index (χ1n) is 6.52. The van der Waals surface area contributed by atoms with Gasteiger partial charge in [0.05, 0.1) is 12.6 Å². The zero-order valence-corrected chi connectivity index (χ0v) is 11.9. The number of hydrogen-bond acceptors (Lipinski definition) is 2. The molecule has 1 atom stereocenters. The van der Waals surface area contributed by atoms with Crippen LogP contribution in [0, 0.1) is 5.82 Å². The van der Waals surface area contributed by atoms with Crippen LogP contribution in [0.25, 0.3) is 0 Å². The van der Waals surface area contributed by atoms with E-state index < -0.39 is 0 Å². The molecule has 1 aromatic carbocycles. The molecule has 0 aliphatic heterocycles. The van der Waals surface area contributed by atoms with E-state index in [1.807, 2.05) is 6.07 Å². The van der Waals surface area contributed by atoms with Crippen LogP contribution in [-0.4, -0.2) is 17.8 Å². The Morgan fingerprint density at radius 1 is 1.33 bits per heavy atom. The van der Waals surface area contributed by atoms with Gasteiger partial charge < -0.3 is 10.4 Å². The maximum absolute atomic E-state index is 13.9. The van der Waals surface area contributed by atoms with Crippen molar-refractivity contribution in [1.29, 1.82) is 0 Å². The lowest BCUT2D eigenvalue weighted by Crippen LogP contribution is -2.36. The largest absolute Gasteiger partial charge is 0.394 e. The molecule has 4 heteroatoms. The number of hydrogen-bond donors (Lipinski definition) is 2. The molecule has 18 heavy (non-hydrogen) atoms. The van der Waals surface area contributed by atoms with Gasteiger partial charge in [0.2, 0.25) is 0 Å². The van der Waals surface area contributed by atoms with E-state index in [1.165, 1.54) is 25.3 Å². The van der Waals surface area contributed by atoms with Gasteiger partial charge in [-0.1, -0.05) is 41.3 Å². The van der Waals surface area contributed by atoms with Crippen molar-refractivity contribution >= 4 is 15.9 Å². The highest BCUT2D eigenvalue weighted by molar-refractivity contribution is 9.10. The van der Waals surface area contributed by atoms with Gasteiger partial charge in [0.25, 0.3) is 0 Å². The molecule has 1 aromatic rings. The Morgan fingerprint density at radius 2 is 2.06 bits per heavy atom. The first-order valence-corrected chi connectivity index (χ1v) is 7.32. The van der Waals surface area contributed by atoms with E-state index in [0.717, 1.165) is 17.3 Å². The molecule has 1 saturated carbocycles. The van der Waals surface area contributed by atoms with Crippen LogP contribution in [0.15, 0.2) is 22.7 Å². The summed E-state index contributed by atoms with van der Waals surface area (Å²) >= 11 is 3.24. The molecule has 1 fully saturated rings. The number of benzene rings is 1. The number of nitrogens with one attached hydrogen (secondary N) is 1. The van der Waals surface area contributed by atoms with E-state index in [1.54, 1.807) is 6.07 Å². The van der Waals surface area contributed by atoms with E-state index in [2.05, 4.69) is 21.2 Å². The molecular weight excluding hydrogens is 297 g/mol. The summed E-state index contributed by atoms with van der Waals surface area (Å²) in [7, 11) is 0. The molecule has 2 nitrogen and oxygen atoms in total. The number of halogens is 2. The van der Waals surface area contributed by atoms with Crippen molar-refractivity contribution in [2.24, 2.45) is 0 Å². The molecule has 0 saturated heterocycles. The van der Waals surface area contributed by atoms with Gasteiger partial charge in [-0.25, -0.2) is 4.39 Å². The van der Waals surface area contributed by atoms with E-state index in [4.69, 9.17) is 0 Å². The van der Waals surface area contributed by atoms with Gasteiger partial charge in [-0.05, 0) is 25.0 Å². The van der Waals surface area contributed by atoms with Gasteiger partial charge in [0.1, 0.15) is 5.82 Å².